The fourth-order valence-corrected chi connectivity index (χ4v) is 6.34. The number of esters is 1. The van der Waals surface area contributed by atoms with Crippen LogP contribution in [0.2, 0.25) is 0 Å². The molecule has 0 aromatic heterocycles. The second kappa shape index (κ2) is 10.6. The number of nitrogens with zero attached hydrogens (tertiary/aromatic N) is 2. The number of hydrogen-bond donors (Lipinski definition) is 1. The van der Waals surface area contributed by atoms with Gasteiger partial charge in [0.15, 0.2) is 0 Å². The van der Waals surface area contributed by atoms with Crippen LogP contribution in [-0.4, -0.2) is 71.8 Å². The highest BCUT2D eigenvalue weighted by Crippen LogP contribution is 2.58. The average molecular weight is 497 g/mol. The van der Waals surface area contributed by atoms with Crippen molar-refractivity contribution in [1.29, 1.82) is 0 Å². The third-order valence-electron chi connectivity index (χ3n) is 7.73. The molecular formula is C28H36N2O6. The number of unbranched alkanes of at least 4 members (excludes halogenated alkanes) is 1. The Kier molecular flexibility index (Phi) is 7.66. The van der Waals surface area contributed by atoms with Gasteiger partial charge in [-0.3, -0.25) is 14.4 Å². The molecule has 0 radical (unpaired) electrons. The van der Waals surface area contributed by atoms with Crippen molar-refractivity contribution in [2.45, 2.75) is 57.3 Å². The molecule has 0 aliphatic carbocycles. The van der Waals surface area contributed by atoms with Crippen LogP contribution in [0.3, 0.4) is 0 Å². The van der Waals surface area contributed by atoms with Crippen molar-refractivity contribution in [3.05, 3.63) is 54.6 Å². The molecule has 1 aromatic rings. The molecule has 3 aliphatic heterocycles. The molecule has 1 N–H and O–H groups in total. The standard InChI is InChI=1S/C28H36N2O6/c1-5-7-8-17-35-27(34)21-20-12-13-28(36-20)22(21)25(32)30(15-16-31)24(28)26(33)29(14-6-2)23-18(3)10-9-11-19(23)4/h5-6,9-11,20-22,24,31H,1-2,7-8,12-17H2,3-4H3/t20-,21+,22-,24?,28?/m0/s1. The van der Waals surface area contributed by atoms with E-state index in [4.69, 9.17) is 9.47 Å². The first-order valence-electron chi connectivity index (χ1n) is 12.7. The predicted molar refractivity (Wildman–Crippen MR) is 135 cm³/mol. The van der Waals surface area contributed by atoms with Gasteiger partial charge in [-0.15, -0.1) is 13.2 Å². The van der Waals surface area contributed by atoms with Crippen molar-refractivity contribution in [2.75, 3.05) is 31.2 Å². The lowest BCUT2D eigenvalue weighted by atomic mass is 9.70. The Balaban J connectivity index is 1.71. The summed E-state index contributed by atoms with van der Waals surface area (Å²) in [6.07, 6.45) is 5.38. The largest absolute Gasteiger partial charge is 0.465 e. The average Bonchev–Trinajstić information content (AvgIpc) is 3.49. The molecule has 4 rings (SSSR count). The molecule has 3 aliphatic rings. The van der Waals surface area contributed by atoms with Crippen LogP contribution in [0.5, 0.6) is 0 Å². The molecule has 3 saturated heterocycles. The molecule has 3 fully saturated rings. The zero-order valence-electron chi connectivity index (χ0n) is 21.2. The zero-order valence-corrected chi connectivity index (χ0v) is 21.2. The summed E-state index contributed by atoms with van der Waals surface area (Å²) < 4.78 is 11.9. The van der Waals surface area contributed by atoms with Gasteiger partial charge in [0.2, 0.25) is 5.91 Å². The number of likely N-dealkylation sites (tertiary alicyclic amines) is 1. The van der Waals surface area contributed by atoms with Gasteiger partial charge in [0.1, 0.15) is 11.6 Å². The smallest absolute Gasteiger partial charge is 0.312 e. The third kappa shape index (κ3) is 4.16. The molecule has 2 unspecified atom stereocenters. The van der Waals surface area contributed by atoms with Gasteiger partial charge in [-0.05, 0) is 50.7 Å². The molecule has 1 aromatic carbocycles. The van der Waals surface area contributed by atoms with Crippen LogP contribution in [0, 0.1) is 25.7 Å². The van der Waals surface area contributed by atoms with E-state index in [1.807, 2.05) is 32.0 Å². The summed E-state index contributed by atoms with van der Waals surface area (Å²) >= 11 is 0. The molecule has 8 heteroatoms. The molecule has 2 bridgehead atoms. The number of carbonyl (C=O) groups is 3. The maximum atomic E-state index is 14.3. The maximum Gasteiger partial charge on any atom is 0.312 e. The molecule has 3 heterocycles. The van der Waals surface area contributed by atoms with Crippen molar-refractivity contribution >= 4 is 23.5 Å². The Hall–Kier alpha value is -2.97. The molecule has 1 spiro atoms. The van der Waals surface area contributed by atoms with Crippen LogP contribution in [-0.2, 0) is 23.9 Å². The molecule has 36 heavy (non-hydrogen) atoms. The summed E-state index contributed by atoms with van der Waals surface area (Å²) in [5, 5.41) is 9.79. The number of para-hydroxylation sites is 1. The summed E-state index contributed by atoms with van der Waals surface area (Å²) in [5.41, 5.74) is 1.49. The van der Waals surface area contributed by atoms with Crippen LogP contribution < -0.4 is 4.90 Å². The Bertz CT molecular complexity index is 1030. The minimum absolute atomic E-state index is 0.0166. The van der Waals surface area contributed by atoms with E-state index >= 15 is 0 Å². The van der Waals surface area contributed by atoms with Gasteiger partial charge < -0.3 is 24.4 Å². The number of aryl methyl sites for hydroxylation is 2. The fourth-order valence-electron chi connectivity index (χ4n) is 6.34. The molecule has 2 amide bonds. The monoisotopic (exact) mass is 496 g/mol. The van der Waals surface area contributed by atoms with E-state index in [-0.39, 0.29) is 38.1 Å². The predicted octanol–water partition coefficient (Wildman–Crippen LogP) is 2.70. The first-order chi connectivity index (χ1) is 17.3. The van der Waals surface area contributed by atoms with Gasteiger partial charge in [0.25, 0.3) is 5.91 Å². The molecular weight excluding hydrogens is 460 g/mol. The van der Waals surface area contributed by atoms with Crippen molar-refractivity contribution in [3.8, 4) is 0 Å². The van der Waals surface area contributed by atoms with Crippen LogP contribution >= 0.6 is 0 Å². The van der Waals surface area contributed by atoms with Crippen LogP contribution in [0.15, 0.2) is 43.5 Å². The number of fused-ring (bicyclic) bond motifs is 1. The number of hydrogen-bond acceptors (Lipinski definition) is 6. The second-order valence-electron chi connectivity index (χ2n) is 9.89. The van der Waals surface area contributed by atoms with Crippen LogP contribution in [0.25, 0.3) is 0 Å². The van der Waals surface area contributed by atoms with Gasteiger partial charge in [0.05, 0.1) is 31.2 Å². The second-order valence-corrected chi connectivity index (χ2v) is 9.89. The van der Waals surface area contributed by atoms with Gasteiger partial charge in [-0.25, -0.2) is 0 Å². The van der Waals surface area contributed by atoms with E-state index < -0.39 is 35.6 Å². The number of aliphatic hydroxyl groups excluding tert-OH is 1. The summed E-state index contributed by atoms with van der Waals surface area (Å²) in [5.74, 6) is -2.66. The minimum Gasteiger partial charge on any atom is -0.465 e. The molecule has 8 nitrogen and oxygen atoms in total. The van der Waals surface area contributed by atoms with E-state index in [2.05, 4.69) is 13.2 Å². The van der Waals surface area contributed by atoms with E-state index in [0.29, 0.717) is 19.3 Å². The maximum absolute atomic E-state index is 14.3. The number of benzene rings is 1. The van der Waals surface area contributed by atoms with Gasteiger partial charge in [-0.1, -0.05) is 30.4 Å². The van der Waals surface area contributed by atoms with Crippen molar-refractivity contribution in [1.82, 2.24) is 4.90 Å². The topological polar surface area (TPSA) is 96.4 Å². The minimum atomic E-state index is -1.13. The Morgan fingerprint density at radius 2 is 2.00 bits per heavy atom. The number of ether oxygens (including phenoxy) is 2. The molecule has 194 valence electrons. The fraction of sp³-hybridized carbons (Fsp3) is 0.536. The van der Waals surface area contributed by atoms with Crippen LogP contribution in [0.4, 0.5) is 5.69 Å². The quantitative estimate of drug-likeness (QED) is 0.288. The summed E-state index contributed by atoms with van der Waals surface area (Å²) in [7, 11) is 0. The summed E-state index contributed by atoms with van der Waals surface area (Å²) in [4.78, 5) is 44.2. The lowest BCUT2D eigenvalue weighted by molar-refractivity contribution is -0.155. The highest BCUT2D eigenvalue weighted by Gasteiger charge is 2.75. The van der Waals surface area contributed by atoms with Gasteiger partial charge >= 0.3 is 5.97 Å². The SMILES string of the molecule is C=CCCCOC(=O)[C@@H]1[C@@H]2CCC3(O2)C(C(=O)N(CC=C)c2c(C)cccc2C)N(CCO)C(=O)[C@H]13. The number of aliphatic hydroxyl groups is 1. The molecule has 5 atom stereocenters. The lowest BCUT2D eigenvalue weighted by Crippen LogP contribution is -2.57. The number of β-amino-alcohol motifs (C(OH)–C–C–N with tert-alkyl or cyclic N) is 1. The summed E-state index contributed by atoms with van der Waals surface area (Å²) in [6, 6.07) is 4.86. The number of amides is 2. The number of anilines is 1. The first kappa shape index (κ1) is 26.1. The first-order valence-corrected chi connectivity index (χ1v) is 12.7. The number of carbonyl (C=O) groups excluding carboxylic acids is 3. The Morgan fingerprint density at radius 1 is 1.28 bits per heavy atom. The normalized spacial score (nSPS) is 28.2. The van der Waals surface area contributed by atoms with Crippen molar-refractivity contribution in [2.24, 2.45) is 11.8 Å². The van der Waals surface area contributed by atoms with Gasteiger partial charge in [0, 0.05) is 18.8 Å². The Labute approximate surface area is 212 Å². The number of allylic oxidation sites excluding steroid dienone is 1. The van der Waals surface area contributed by atoms with Gasteiger partial charge in [-0.2, -0.15) is 0 Å². The highest BCUT2D eigenvalue weighted by molar-refractivity contribution is 6.05. The summed E-state index contributed by atoms with van der Waals surface area (Å²) in [6.45, 7) is 11.6. The highest BCUT2D eigenvalue weighted by atomic mass is 16.6. The number of rotatable bonds is 11. The Morgan fingerprint density at radius 3 is 2.64 bits per heavy atom. The van der Waals surface area contributed by atoms with E-state index in [1.54, 1.807) is 17.1 Å². The van der Waals surface area contributed by atoms with Crippen molar-refractivity contribution in [3.63, 3.8) is 0 Å². The third-order valence-corrected chi connectivity index (χ3v) is 7.73. The molecule has 0 saturated carbocycles. The van der Waals surface area contributed by atoms with E-state index in [9.17, 15) is 19.5 Å². The zero-order chi connectivity index (χ0) is 26.0. The van der Waals surface area contributed by atoms with Crippen molar-refractivity contribution < 1.29 is 29.0 Å². The van der Waals surface area contributed by atoms with Crippen LogP contribution in [0.1, 0.15) is 36.8 Å². The van der Waals surface area contributed by atoms with E-state index in [0.717, 1.165) is 23.2 Å². The van der Waals surface area contributed by atoms with E-state index in [1.165, 1.54) is 4.90 Å². The lowest BCUT2D eigenvalue weighted by Gasteiger charge is -2.37.